The number of nitrogens with two attached hydrogens (primary N) is 1. The Balaban J connectivity index is 1.91. The van der Waals surface area contributed by atoms with Crippen molar-refractivity contribution in [3.63, 3.8) is 0 Å². The Hall–Kier alpha value is -3.22. The van der Waals surface area contributed by atoms with Crippen molar-refractivity contribution in [1.82, 2.24) is 0 Å². The monoisotopic (exact) mass is 378 g/mol. The summed E-state index contributed by atoms with van der Waals surface area (Å²) in [5.41, 5.74) is 2.65. The minimum Gasteiger partial charge on any atom is -0.322 e. The van der Waals surface area contributed by atoms with E-state index in [4.69, 9.17) is 5.14 Å². The Morgan fingerprint density at radius 2 is 1.37 bits per heavy atom. The van der Waals surface area contributed by atoms with Gasteiger partial charge in [0, 0.05) is 11.3 Å². The van der Waals surface area contributed by atoms with E-state index in [1.165, 1.54) is 24.3 Å². The molecule has 0 atom stereocenters. The van der Waals surface area contributed by atoms with E-state index in [0.717, 1.165) is 11.1 Å². The molecule has 3 aromatic carbocycles. The van der Waals surface area contributed by atoms with Crippen molar-refractivity contribution >= 4 is 33.3 Å². The van der Waals surface area contributed by atoms with Crippen molar-refractivity contribution in [3.8, 4) is 0 Å². The summed E-state index contributed by atoms with van der Waals surface area (Å²) in [6.07, 6.45) is 1.81. The normalized spacial score (nSPS) is 11.8. The molecule has 5 nitrogen and oxygen atoms in total. The van der Waals surface area contributed by atoms with Gasteiger partial charge in [-0.1, -0.05) is 60.7 Å². The summed E-state index contributed by atoms with van der Waals surface area (Å²) in [5, 5.41) is 7.89. The van der Waals surface area contributed by atoms with Crippen molar-refractivity contribution < 1.29 is 13.2 Å². The molecule has 6 heteroatoms. The van der Waals surface area contributed by atoms with E-state index in [-0.39, 0.29) is 10.8 Å². The largest absolute Gasteiger partial charge is 0.322 e. The molecule has 1 amide bonds. The first-order valence-corrected chi connectivity index (χ1v) is 9.74. The highest BCUT2D eigenvalue weighted by Gasteiger charge is 2.13. The molecule has 0 fully saturated rings. The Morgan fingerprint density at radius 1 is 0.815 bits per heavy atom. The van der Waals surface area contributed by atoms with Crippen molar-refractivity contribution in [3.05, 3.63) is 96.1 Å². The first kappa shape index (κ1) is 18.6. The summed E-state index contributed by atoms with van der Waals surface area (Å²) in [6.45, 7) is 0. The van der Waals surface area contributed by atoms with Crippen molar-refractivity contribution in [2.24, 2.45) is 5.14 Å². The quantitative estimate of drug-likeness (QED) is 0.526. The molecular formula is C21H18N2O3S. The summed E-state index contributed by atoms with van der Waals surface area (Å²) in [6, 6.07) is 24.6. The molecule has 3 rings (SSSR count). The van der Waals surface area contributed by atoms with Crippen molar-refractivity contribution in [1.29, 1.82) is 0 Å². The van der Waals surface area contributed by atoms with Gasteiger partial charge in [-0.25, -0.2) is 13.6 Å². The van der Waals surface area contributed by atoms with Crippen LogP contribution in [0.15, 0.2) is 89.8 Å². The van der Waals surface area contributed by atoms with Gasteiger partial charge in [0.1, 0.15) is 0 Å². The second kappa shape index (κ2) is 7.99. The minimum absolute atomic E-state index is 0.0105. The molecule has 0 aliphatic carbocycles. The number of anilines is 1. The van der Waals surface area contributed by atoms with Crippen LogP contribution in [0.2, 0.25) is 0 Å². The predicted molar refractivity (Wildman–Crippen MR) is 107 cm³/mol. The topological polar surface area (TPSA) is 89.3 Å². The molecule has 0 spiro atoms. The second-order valence-electron chi connectivity index (χ2n) is 5.86. The van der Waals surface area contributed by atoms with Crippen LogP contribution >= 0.6 is 0 Å². The van der Waals surface area contributed by atoms with Crippen LogP contribution in [0.25, 0.3) is 11.6 Å². The second-order valence-corrected chi connectivity index (χ2v) is 7.42. The van der Waals surface area contributed by atoms with Gasteiger partial charge in [0.15, 0.2) is 0 Å². The SMILES string of the molecule is NS(=O)(=O)c1ccc(NC(=O)/C(=C\c2ccccc2)c2ccccc2)cc1. The van der Waals surface area contributed by atoms with Gasteiger partial charge in [-0.3, -0.25) is 4.79 Å². The van der Waals surface area contributed by atoms with E-state index in [0.29, 0.717) is 11.3 Å². The van der Waals surface area contributed by atoms with Gasteiger partial charge in [-0.15, -0.1) is 0 Å². The highest BCUT2D eigenvalue weighted by Crippen LogP contribution is 2.21. The Morgan fingerprint density at radius 3 is 1.93 bits per heavy atom. The van der Waals surface area contributed by atoms with Gasteiger partial charge in [0.05, 0.1) is 4.90 Å². The van der Waals surface area contributed by atoms with Crippen LogP contribution in [0.4, 0.5) is 5.69 Å². The van der Waals surface area contributed by atoms with E-state index < -0.39 is 10.0 Å². The lowest BCUT2D eigenvalue weighted by atomic mass is 10.0. The third-order valence-corrected chi connectivity index (χ3v) is 4.81. The molecule has 0 aliphatic heterocycles. The summed E-state index contributed by atoms with van der Waals surface area (Å²) in [7, 11) is -3.77. The lowest BCUT2D eigenvalue weighted by Gasteiger charge is -2.10. The van der Waals surface area contributed by atoms with E-state index in [1.807, 2.05) is 66.7 Å². The third kappa shape index (κ3) is 4.91. The van der Waals surface area contributed by atoms with E-state index in [9.17, 15) is 13.2 Å². The Bertz CT molecular complexity index is 1060. The fourth-order valence-electron chi connectivity index (χ4n) is 2.54. The smallest absolute Gasteiger partial charge is 0.256 e. The van der Waals surface area contributed by atoms with Crippen molar-refractivity contribution in [2.45, 2.75) is 4.90 Å². The number of primary sulfonamides is 1. The molecule has 136 valence electrons. The standard InChI is InChI=1S/C21H18N2O3S/c22-27(25,26)19-13-11-18(12-14-19)23-21(24)20(17-9-5-2-6-10-17)15-16-7-3-1-4-8-16/h1-15H,(H,23,24)(H2,22,25,26)/b20-15-. The van der Waals surface area contributed by atoms with Gasteiger partial charge in [-0.05, 0) is 41.5 Å². The lowest BCUT2D eigenvalue weighted by Crippen LogP contribution is -2.15. The zero-order valence-electron chi connectivity index (χ0n) is 14.4. The maximum absolute atomic E-state index is 12.9. The summed E-state index contributed by atoms with van der Waals surface area (Å²) < 4.78 is 22.7. The van der Waals surface area contributed by atoms with E-state index in [2.05, 4.69) is 5.32 Å². The van der Waals surface area contributed by atoms with E-state index in [1.54, 1.807) is 0 Å². The first-order chi connectivity index (χ1) is 12.9. The van der Waals surface area contributed by atoms with Gasteiger partial charge >= 0.3 is 0 Å². The van der Waals surface area contributed by atoms with Gasteiger partial charge < -0.3 is 5.32 Å². The van der Waals surface area contributed by atoms with Gasteiger partial charge in [-0.2, -0.15) is 0 Å². The van der Waals surface area contributed by atoms with Crippen molar-refractivity contribution in [2.75, 3.05) is 5.32 Å². The minimum atomic E-state index is -3.77. The van der Waals surface area contributed by atoms with Gasteiger partial charge in [0.2, 0.25) is 10.0 Å². The number of hydrogen-bond acceptors (Lipinski definition) is 3. The molecule has 0 saturated carbocycles. The number of carbonyl (C=O) groups is 1. The molecular weight excluding hydrogens is 360 g/mol. The maximum atomic E-state index is 12.9. The molecule has 3 aromatic rings. The molecule has 0 aliphatic rings. The molecule has 0 unspecified atom stereocenters. The molecule has 0 aromatic heterocycles. The number of nitrogens with one attached hydrogen (secondary N) is 1. The van der Waals surface area contributed by atoms with Crippen LogP contribution in [0.1, 0.15) is 11.1 Å². The fraction of sp³-hybridized carbons (Fsp3) is 0. The molecule has 27 heavy (non-hydrogen) atoms. The van der Waals surface area contributed by atoms with Crippen LogP contribution in [0.3, 0.4) is 0 Å². The summed E-state index contributed by atoms with van der Waals surface area (Å²) in [5.74, 6) is -0.298. The first-order valence-electron chi connectivity index (χ1n) is 8.20. The zero-order chi connectivity index (χ0) is 19.3. The molecule has 0 heterocycles. The van der Waals surface area contributed by atoms with Crippen LogP contribution in [-0.2, 0) is 14.8 Å². The Kier molecular flexibility index (Phi) is 5.49. The number of sulfonamides is 1. The maximum Gasteiger partial charge on any atom is 0.256 e. The van der Waals surface area contributed by atoms with Crippen LogP contribution < -0.4 is 10.5 Å². The number of carbonyl (C=O) groups excluding carboxylic acids is 1. The molecule has 3 N–H and O–H groups in total. The zero-order valence-corrected chi connectivity index (χ0v) is 15.2. The van der Waals surface area contributed by atoms with Gasteiger partial charge in [0.25, 0.3) is 5.91 Å². The lowest BCUT2D eigenvalue weighted by molar-refractivity contribution is -0.111. The number of benzene rings is 3. The average Bonchev–Trinajstić information content (AvgIpc) is 2.67. The molecule has 0 radical (unpaired) electrons. The number of amides is 1. The van der Waals surface area contributed by atoms with E-state index >= 15 is 0 Å². The van der Waals surface area contributed by atoms with Crippen LogP contribution in [0.5, 0.6) is 0 Å². The number of hydrogen-bond donors (Lipinski definition) is 2. The Labute approximate surface area is 158 Å². The molecule has 0 bridgehead atoms. The molecule has 0 saturated heterocycles. The van der Waals surface area contributed by atoms with Crippen LogP contribution in [0, 0.1) is 0 Å². The fourth-order valence-corrected chi connectivity index (χ4v) is 3.06. The van der Waals surface area contributed by atoms with Crippen LogP contribution in [-0.4, -0.2) is 14.3 Å². The average molecular weight is 378 g/mol. The summed E-state index contributed by atoms with van der Waals surface area (Å²) in [4.78, 5) is 12.9. The highest BCUT2D eigenvalue weighted by atomic mass is 32.2. The third-order valence-electron chi connectivity index (χ3n) is 3.88. The summed E-state index contributed by atoms with van der Waals surface area (Å²) >= 11 is 0. The highest BCUT2D eigenvalue weighted by molar-refractivity contribution is 7.89. The number of rotatable bonds is 5. The predicted octanol–water partition coefficient (Wildman–Crippen LogP) is 3.51.